The van der Waals surface area contributed by atoms with E-state index in [2.05, 4.69) is 10.6 Å². The Kier molecular flexibility index (Phi) is 3.68. The zero-order chi connectivity index (χ0) is 14.8. The van der Waals surface area contributed by atoms with E-state index in [1.807, 2.05) is 23.1 Å². The summed E-state index contributed by atoms with van der Waals surface area (Å²) in [6.45, 7) is 1.00. The predicted octanol–water partition coefficient (Wildman–Crippen LogP) is 1.01. The number of urea groups is 1. The molecule has 3 rings (SSSR count). The van der Waals surface area contributed by atoms with Crippen LogP contribution in [0, 0.1) is 0 Å². The summed E-state index contributed by atoms with van der Waals surface area (Å²) in [6, 6.07) is 5.60. The molecular formula is C15H20N4O2. The van der Waals surface area contributed by atoms with E-state index in [1.165, 1.54) is 0 Å². The molecule has 2 aliphatic rings. The van der Waals surface area contributed by atoms with Crippen LogP contribution < -0.4 is 21.3 Å². The first-order valence-corrected chi connectivity index (χ1v) is 7.35. The van der Waals surface area contributed by atoms with Crippen molar-refractivity contribution in [2.45, 2.75) is 31.7 Å². The van der Waals surface area contributed by atoms with E-state index in [0.717, 1.165) is 49.2 Å². The Balaban J connectivity index is 1.60. The molecule has 0 bridgehead atoms. The molecule has 3 amide bonds. The molecule has 1 aliphatic heterocycles. The van der Waals surface area contributed by atoms with Gasteiger partial charge >= 0.3 is 6.03 Å². The first-order chi connectivity index (χ1) is 10.1. The average molecular weight is 288 g/mol. The molecular weight excluding hydrogens is 268 g/mol. The lowest BCUT2D eigenvalue weighted by molar-refractivity contribution is -0.118. The molecule has 1 aliphatic carbocycles. The number of nitrogens with zero attached hydrogens (tertiary/aromatic N) is 1. The van der Waals surface area contributed by atoms with Gasteiger partial charge in [0.1, 0.15) is 0 Å². The Morgan fingerprint density at radius 2 is 2.14 bits per heavy atom. The van der Waals surface area contributed by atoms with Crippen LogP contribution in [-0.4, -0.2) is 31.1 Å². The lowest BCUT2D eigenvalue weighted by Gasteiger charge is -2.30. The summed E-state index contributed by atoms with van der Waals surface area (Å²) < 4.78 is 0. The summed E-state index contributed by atoms with van der Waals surface area (Å²) in [7, 11) is 0. The van der Waals surface area contributed by atoms with E-state index in [1.54, 1.807) is 0 Å². The topological polar surface area (TPSA) is 87.5 Å². The third-order valence-corrected chi connectivity index (χ3v) is 3.82. The maximum absolute atomic E-state index is 12.0. The minimum Gasteiger partial charge on any atom is -0.399 e. The number of nitrogens with two attached hydrogens (primary N) is 1. The van der Waals surface area contributed by atoms with Crippen molar-refractivity contribution in [3.63, 3.8) is 0 Å². The number of carbonyl (C=O) groups excluding carboxylic acids is 2. The van der Waals surface area contributed by atoms with Crippen molar-refractivity contribution in [3.05, 3.63) is 23.8 Å². The van der Waals surface area contributed by atoms with Gasteiger partial charge in [-0.05, 0) is 49.4 Å². The minimum atomic E-state index is -0.392. The number of carbonyl (C=O) groups is 2. The van der Waals surface area contributed by atoms with Gasteiger partial charge in [-0.1, -0.05) is 0 Å². The van der Waals surface area contributed by atoms with Crippen LogP contribution in [0.5, 0.6) is 0 Å². The van der Waals surface area contributed by atoms with Gasteiger partial charge in [-0.15, -0.1) is 0 Å². The molecule has 0 spiro atoms. The summed E-state index contributed by atoms with van der Waals surface area (Å²) in [5, 5.41) is 5.13. The summed E-state index contributed by atoms with van der Waals surface area (Å²) in [6.07, 6.45) is 3.96. The van der Waals surface area contributed by atoms with E-state index in [9.17, 15) is 9.59 Å². The molecule has 1 aromatic carbocycles. The van der Waals surface area contributed by atoms with E-state index in [4.69, 9.17) is 5.73 Å². The molecule has 21 heavy (non-hydrogen) atoms. The van der Waals surface area contributed by atoms with Gasteiger partial charge in [0.2, 0.25) is 5.91 Å². The van der Waals surface area contributed by atoms with Crippen LogP contribution >= 0.6 is 0 Å². The largest absolute Gasteiger partial charge is 0.399 e. The number of nitrogens with one attached hydrogen (secondary N) is 2. The third kappa shape index (κ3) is 3.45. The second-order valence-electron chi connectivity index (χ2n) is 5.71. The molecule has 0 unspecified atom stereocenters. The smallest absolute Gasteiger partial charge is 0.321 e. The highest BCUT2D eigenvalue weighted by Crippen LogP contribution is 2.28. The van der Waals surface area contributed by atoms with Crippen LogP contribution in [0.2, 0.25) is 0 Å². The van der Waals surface area contributed by atoms with Gasteiger partial charge in [0.15, 0.2) is 0 Å². The van der Waals surface area contributed by atoms with Crippen molar-refractivity contribution in [2.75, 3.05) is 23.7 Å². The molecule has 1 saturated carbocycles. The Morgan fingerprint density at radius 3 is 2.90 bits per heavy atom. The van der Waals surface area contributed by atoms with Crippen molar-refractivity contribution in [3.8, 4) is 0 Å². The van der Waals surface area contributed by atoms with Gasteiger partial charge < -0.3 is 16.0 Å². The second-order valence-corrected chi connectivity index (χ2v) is 5.71. The number of nitrogen functional groups attached to an aromatic ring is 1. The number of hydrogen-bond donors (Lipinski definition) is 3. The van der Waals surface area contributed by atoms with Crippen LogP contribution in [0.15, 0.2) is 18.2 Å². The highest BCUT2D eigenvalue weighted by Gasteiger charge is 2.25. The fourth-order valence-corrected chi connectivity index (χ4v) is 2.65. The second kappa shape index (κ2) is 5.63. The van der Waals surface area contributed by atoms with E-state index in [0.29, 0.717) is 0 Å². The molecule has 1 heterocycles. The van der Waals surface area contributed by atoms with Crippen molar-refractivity contribution in [1.82, 2.24) is 10.6 Å². The van der Waals surface area contributed by atoms with E-state index in [-0.39, 0.29) is 18.5 Å². The van der Waals surface area contributed by atoms with Crippen LogP contribution in [0.4, 0.5) is 16.2 Å². The van der Waals surface area contributed by atoms with Gasteiger partial charge in [0.25, 0.3) is 0 Å². The van der Waals surface area contributed by atoms with Crippen LogP contribution in [0.3, 0.4) is 0 Å². The Hall–Kier alpha value is -2.24. The van der Waals surface area contributed by atoms with Crippen molar-refractivity contribution in [2.24, 2.45) is 0 Å². The van der Waals surface area contributed by atoms with Gasteiger partial charge in [-0.2, -0.15) is 0 Å². The van der Waals surface area contributed by atoms with Crippen LogP contribution in [0.25, 0.3) is 0 Å². The van der Waals surface area contributed by atoms with E-state index >= 15 is 0 Å². The quantitative estimate of drug-likeness (QED) is 0.724. The lowest BCUT2D eigenvalue weighted by Crippen LogP contribution is -2.46. The molecule has 6 nitrogen and oxygen atoms in total. The fraction of sp³-hybridized carbons (Fsp3) is 0.467. The van der Waals surface area contributed by atoms with Gasteiger partial charge in [-0.3, -0.25) is 10.1 Å². The molecule has 0 radical (unpaired) electrons. The summed E-state index contributed by atoms with van der Waals surface area (Å²) >= 11 is 0. The number of aryl methyl sites for hydroxylation is 1. The number of benzene rings is 1. The first kappa shape index (κ1) is 13.7. The Morgan fingerprint density at radius 1 is 1.33 bits per heavy atom. The summed E-state index contributed by atoms with van der Waals surface area (Å²) in [4.78, 5) is 25.5. The monoisotopic (exact) mass is 288 g/mol. The molecule has 0 aromatic heterocycles. The summed E-state index contributed by atoms with van der Waals surface area (Å²) in [5.74, 6) is -0.280. The molecule has 4 N–H and O–H groups in total. The highest BCUT2D eigenvalue weighted by atomic mass is 16.2. The maximum atomic E-state index is 12.0. The summed E-state index contributed by atoms with van der Waals surface area (Å²) in [5.41, 5.74) is 8.73. The third-order valence-electron chi connectivity index (χ3n) is 3.82. The number of hydrogen-bond acceptors (Lipinski definition) is 4. The lowest BCUT2D eigenvalue weighted by atomic mass is 10.0. The number of rotatable bonds is 3. The number of anilines is 2. The van der Waals surface area contributed by atoms with Crippen molar-refractivity contribution < 1.29 is 9.59 Å². The number of amides is 3. The highest BCUT2D eigenvalue weighted by molar-refractivity contribution is 5.96. The van der Waals surface area contributed by atoms with Gasteiger partial charge in [0.05, 0.1) is 6.54 Å². The van der Waals surface area contributed by atoms with Crippen molar-refractivity contribution in [1.29, 1.82) is 0 Å². The SMILES string of the molecule is Nc1ccc2c(c1)CCCN2CC(=O)NC(=O)NC1CC1. The maximum Gasteiger partial charge on any atom is 0.321 e. The van der Waals surface area contributed by atoms with Gasteiger partial charge in [0, 0.05) is 24.0 Å². The van der Waals surface area contributed by atoms with E-state index < -0.39 is 6.03 Å². The molecule has 0 atom stereocenters. The molecule has 6 heteroatoms. The zero-order valence-corrected chi connectivity index (χ0v) is 11.9. The number of imide groups is 1. The van der Waals surface area contributed by atoms with Crippen molar-refractivity contribution >= 4 is 23.3 Å². The minimum absolute atomic E-state index is 0.189. The fourth-order valence-electron chi connectivity index (χ4n) is 2.65. The standard InChI is InChI=1S/C15H20N4O2/c16-11-3-6-13-10(8-11)2-1-7-19(13)9-14(20)18-15(21)17-12-4-5-12/h3,6,8,12H,1-2,4-5,7,9,16H2,(H2,17,18,20,21). The van der Waals surface area contributed by atoms with Crippen LogP contribution in [-0.2, 0) is 11.2 Å². The van der Waals surface area contributed by atoms with Crippen LogP contribution in [0.1, 0.15) is 24.8 Å². The Labute approximate surface area is 123 Å². The molecule has 1 aromatic rings. The average Bonchev–Trinajstić information content (AvgIpc) is 3.22. The molecule has 1 fully saturated rings. The molecule has 0 saturated heterocycles. The normalized spacial score (nSPS) is 17.0. The number of fused-ring (bicyclic) bond motifs is 1. The van der Waals surface area contributed by atoms with Gasteiger partial charge in [-0.25, -0.2) is 4.79 Å². The predicted molar refractivity (Wildman–Crippen MR) is 81.1 cm³/mol. The first-order valence-electron chi connectivity index (χ1n) is 7.35. The zero-order valence-electron chi connectivity index (χ0n) is 11.9. The Bertz CT molecular complexity index is 569. The molecule has 112 valence electrons.